The molecule has 1 fully saturated rings. The molecule has 2 aromatic rings. The largest absolute Gasteiger partial charge is 0.360 e. The molecule has 2 N–H and O–H groups in total. The summed E-state index contributed by atoms with van der Waals surface area (Å²) in [5.74, 6) is 0.807. The summed E-state index contributed by atoms with van der Waals surface area (Å²) in [5.41, 5.74) is 0. The summed E-state index contributed by atoms with van der Waals surface area (Å²) in [6.45, 7) is 2.40. The van der Waals surface area contributed by atoms with Crippen LogP contribution >= 0.6 is 11.3 Å². The molecular formula is C18H26N4OS. The topological polar surface area (TPSA) is 66.9 Å². The molecule has 130 valence electrons. The lowest BCUT2D eigenvalue weighted by molar-refractivity contribution is -0.120. The fourth-order valence-corrected chi connectivity index (χ4v) is 4.20. The molecule has 0 spiro atoms. The molecule has 24 heavy (non-hydrogen) atoms. The van der Waals surface area contributed by atoms with Crippen molar-refractivity contribution in [3.8, 4) is 0 Å². The first-order chi connectivity index (χ1) is 11.8. The number of hydrogen-bond acceptors (Lipinski definition) is 5. The Kier molecular flexibility index (Phi) is 6.01. The number of aryl methyl sites for hydroxylation is 1. The van der Waals surface area contributed by atoms with Crippen LogP contribution in [0.25, 0.3) is 10.2 Å². The van der Waals surface area contributed by atoms with Crippen molar-refractivity contribution >= 4 is 33.3 Å². The summed E-state index contributed by atoms with van der Waals surface area (Å²) in [6, 6.07) is 2.45. The second kappa shape index (κ2) is 8.42. The summed E-state index contributed by atoms with van der Waals surface area (Å²) in [6.07, 6.45) is 11.1. The van der Waals surface area contributed by atoms with Crippen molar-refractivity contribution in [1.82, 2.24) is 15.3 Å². The van der Waals surface area contributed by atoms with Crippen molar-refractivity contribution < 1.29 is 4.79 Å². The highest BCUT2D eigenvalue weighted by atomic mass is 32.1. The Labute approximate surface area is 147 Å². The van der Waals surface area contributed by atoms with Crippen LogP contribution in [0.4, 0.5) is 5.82 Å². The van der Waals surface area contributed by atoms with Crippen LogP contribution in [0.3, 0.4) is 0 Å². The molecule has 6 heteroatoms. The number of aromatic nitrogens is 2. The van der Waals surface area contributed by atoms with Gasteiger partial charge in [0.25, 0.3) is 0 Å². The zero-order valence-corrected chi connectivity index (χ0v) is 15.1. The normalized spacial score (nSPS) is 16.5. The van der Waals surface area contributed by atoms with Crippen LogP contribution in [-0.4, -0.2) is 28.5 Å². The molecule has 1 amide bonds. The van der Waals surface area contributed by atoms with Gasteiger partial charge in [-0.3, -0.25) is 4.79 Å². The number of anilines is 1. The highest BCUT2D eigenvalue weighted by Crippen LogP contribution is 2.28. The molecule has 1 aliphatic rings. The first-order valence-corrected chi connectivity index (χ1v) is 9.84. The van der Waals surface area contributed by atoms with Crippen LogP contribution < -0.4 is 10.6 Å². The number of rotatable bonds is 5. The highest BCUT2D eigenvalue weighted by Gasteiger charge is 2.14. The Balaban J connectivity index is 1.56. The minimum atomic E-state index is 0.0540. The fourth-order valence-electron chi connectivity index (χ4n) is 3.26. The number of nitrogens with zero attached hydrogens (tertiary/aromatic N) is 2. The number of fused-ring (bicyclic) bond motifs is 1. The van der Waals surface area contributed by atoms with Crippen LogP contribution in [0.1, 0.15) is 56.7 Å². The first-order valence-electron chi connectivity index (χ1n) is 9.03. The van der Waals surface area contributed by atoms with Gasteiger partial charge in [0.15, 0.2) is 0 Å². The Morgan fingerprint density at radius 1 is 1.21 bits per heavy atom. The van der Waals surface area contributed by atoms with Gasteiger partial charge in [0.2, 0.25) is 5.91 Å². The van der Waals surface area contributed by atoms with Crippen LogP contribution in [0, 0.1) is 0 Å². The van der Waals surface area contributed by atoms with Crippen molar-refractivity contribution in [2.24, 2.45) is 0 Å². The van der Waals surface area contributed by atoms with Crippen molar-refractivity contribution in [2.75, 3.05) is 11.9 Å². The average Bonchev–Trinajstić information content (AvgIpc) is 2.99. The summed E-state index contributed by atoms with van der Waals surface area (Å²) in [4.78, 5) is 23.1. The molecule has 0 atom stereocenters. The SMILES string of the molecule is CCc1cc2c(NCC(=O)NC3CCCCCCC3)ncnc2s1. The molecule has 2 heterocycles. The quantitative estimate of drug-likeness (QED) is 0.862. The zero-order chi connectivity index (χ0) is 16.8. The van der Waals surface area contributed by atoms with E-state index in [4.69, 9.17) is 0 Å². The molecule has 1 saturated carbocycles. The molecule has 3 rings (SSSR count). The molecule has 1 aliphatic carbocycles. The second-order valence-corrected chi connectivity index (χ2v) is 7.59. The zero-order valence-electron chi connectivity index (χ0n) is 14.3. The summed E-state index contributed by atoms with van der Waals surface area (Å²) < 4.78 is 0. The van der Waals surface area contributed by atoms with E-state index in [0.29, 0.717) is 6.04 Å². The smallest absolute Gasteiger partial charge is 0.239 e. The third kappa shape index (κ3) is 4.44. The summed E-state index contributed by atoms with van der Waals surface area (Å²) >= 11 is 1.69. The fraction of sp³-hybridized carbons (Fsp3) is 0.611. The lowest BCUT2D eigenvalue weighted by atomic mass is 9.97. The van der Waals surface area contributed by atoms with Gasteiger partial charge in [-0.05, 0) is 25.3 Å². The Morgan fingerprint density at radius 2 is 1.96 bits per heavy atom. The van der Waals surface area contributed by atoms with Gasteiger partial charge in [-0.25, -0.2) is 9.97 Å². The van der Waals surface area contributed by atoms with Gasteiger partial charge < -0.3 is 10.6 Å². The Bertz CT molecular complexity index is 677. The van der Waals surface area contributed by atoms with Gasteiger partial charge in [-0.1, -0.05) is 39.0 Å². The van der Waals surface area contributed by atoms with Crippen molar-refractivity contribution in [1.29, 1.82) is 0 Å². The van der Waals surface area contributed by atoms with E-state index < -0.39 is 0 Å². The van der Waals surface area contributed by atoms with Gasteiger partial charge >= 0.3 is 0 Å². The van der Waals surface area contributed by atoms with Crippen molar-refractivity contribution in [3.63, 3.8) is 0 Å². The molecule has 0 aliphatic heterocycles. The maximum absolute atomic E-state index is 12.3. The van der Waals surface area contributed by atoms with E-state index in [2.05, 4.69) is 33.6 Å². The third-order valence-corrected chi connectivity index (χ3v) is 5.80. The predicted molar refractivity (Wildman–Crippen MR) is 99.5 cm³/mol. The van der Waals surface area contributed by atoms with Gasteiger partial charge in [-0.2, -0.15) is 0 Å². The van der Waals surface area contributed by atoms with E-state index in [1.165, 1.54) is 37.0 Å². The average molecular weight is 346 g/mol. The van der Waals surface area contributed by atoms with Gasteiger partial charge in [-0.15, -0.1) is 11.3 Å². The van der Waals surface area contributed by atoms with Crippen LogP contribution in [-0.2, 0) is 11.2 Å². The van der Waals surface area contributed by atoms with E-state index in [1.807, 2.05) is 0 Å². The molecule has 0 radical (unpaired) electrons. The minimum Gasteiger partial charge on any atom is -0.360 e. The Hall–Kier alpha value is -1.69. The molecule has 5 nitrogen and oxygen atoms in total. The van der Waals surface area contributed by atoms with Gasteiger partial charge in [0, 0.05) is 10.9 Å². The summed E-state index contributed by atoms with van der Waals surface area (Å²) in [5, 5.41) is 7.38. The number of carbonyl (C=O) groups is 1. The molecule has 0 saturated heterocycles. The number of thiophene rings is 1. The Morgan fingerprint density at radius 3 is 2.71 bits per heavy atom. The third-order valence-electron chi connectivity index (χ3n) is 4.62. The monoisotopic (exact) mass is 346 g/mol. The number of carbonyl (C=O) groups excluding carboxylic acids is 1. The number of hydrogen-bond donors (Lipinski definition) is 2. The van der Waals surface area contributed by atoms with Gasteiger partial charge in [0.05, 0.1) is 11.9 Å². The van der Waals surface area contributed by atoms with Crippen molar-refractivity contribution in [3.05, 3.63) is 17.3 Å². The lowest BCUT2D eigenvalue weighted by Gasteiger charge is -2.21. The van der Waals surface area contributed by atoms with Crippen LogP contribution in [0.2, 0.25) is 0 Å². The predicted octanol–water partition coefficient (Wildman–Crippen LogP) is 3.89. The first kappa shape index (κ1) is 17.1. The number of amides is 1. The number of nitrogens with one attached hydrogen (secondary N) is 2. The molecule has 0 unspecified atom stereocenters. The van der Waals surface area contributed by atoms with E-state index in [-0.39, 0.29) is 12.5 Å². The molecule has 0 bridgehead atoms. The van der Waals surface area contributed by atoms with Gasteiger partial charge in [0.1, 0.15) is 17.0 Å². The minimum absolute atomic E-state index is 0.0540. The maximum atomic E-state index is 12.3. The van der Waals surface area contributed by atoms with E-state index in [0.717, 1.165) is 35.3 Å². The van der Waals surface area contributed by atoms with E-state index in [9.17, 15) is 4.79 Å². The molecule has 0 aromatic carbocycles. The maximum Gasteiger partial charge on any atom is 0.239 e. The lowest BCUT2D eigenvalue weighted by Crippen LogP contribution is -2.38. The van der Waals surface area contributed by atoms with Crippen LogP contribution in [0.15, 0.2) is 12.4 Å². The summed E-state index contributed by atoms with van der Waals surface area (Å²) in [7, 11) is 0. The van der Waals surface area contributed by atoms with E-state index in [1.54, 1.807) is 17.7 Å². The van der Waals surface area contributed by atoms with E-state index >= 15 is 0 Å². The van der Waals surface area contributed by atoms with Crippen molar-refractivity contribution in [2.45, 2.75) is 64.3 Å². The van der Waals surface area contributed by atoms with Crippen LogP contribution in [0.5, 0.6) is 0 Å². The highest BCUT2D eigenvalue weighted by molar-refractivity contribution is 7.18. The molecule has 2 aromatic heterocycles. The standard InChI is InChI=1S/C18H26N4OS/c1-2-14-10-15-17(20-12-21-18(15)24-14)19-11-16(23)22-13-8-6-4-3-5-7-9-13/h10,12-13H,2-9,11H2,1H3,(H,22,23)(H,19,20,21). The second-order valence-electron chi connectivity index (χ2n) is 6.47. The molecular weight excluding hydrogens is 320 g/mol.